The Bertz CT molecular complexity index is 428. The molecule has 20 heavy (non-hydrogen) atoms. The average Bonchev–Trinajstić information content (AvgIpc) is 2.84. The normalized spacial score (nSPS) is 19.4. The van der Waals surface area contributed by atoms with Gasteiger partial charge in [-0.15, -0.1) is 0 Å². The molecule has 5 heteroatoms. The van der Waals surface area contributed by atoms with Crippen molar-refractivity contribution in [3.8, 4) is 5.88 Å². The van der Waals surface area contributed by atoms with Gasteiger partial charge in [0.15, 0.2) is 0 Å². The van der Waals surface area contributed by atoms with Gasteiger partial charge in [-0.2, -0.15) is 0 Å². The molecule has 1 unspecified atom stereocenters. The molecule has 0 amide bonds. The fourth-order valence-electron chi connectivity index (χ4n) is 2.62. The van der Waals surface area contributed by atoms with E-state index >= 15 is 0 Å². The maximum absolute atomic E-state index is 13.2. The molecule has 0 aromatic carbocycles. The predicted octanol–water partition coefficient (Wildman–Crippen LogP) is 2.19. The van der Waals surface area contributed by atoms with Crippen LogP contribution in [0.15, 0.2) is 12.3 Å². The third kappa shape index (κ3) is 4.15. The van der Waals surface area contributed by atoms with Crippen LogP contribution in [-0.2, 0) is 6.54 Å². The lowest BCUT2D eigenvalue weighted by atomic mass is 10.1. The summed E-state index contributed by atoms with van der Waals surface area (Å²) in [6, 6.07) is 2.10. The molecule has 4 nitrogen and oxygen atoms in total. The van der Waals surface area contributed by atoms with Crippen LogP contribution in [0, 0.1) is 5.82 Å². The Kier molecular flexibility index (Phi) is 5.73. The molecule has 1 N–H and O–H groups in total. The van der Waals surface area contributed by atoms with E-state index < -0.39 is 0 Å². The Labute approximate surface area is 120 Å². The Balaban J connectivity index is 1.87. The van der Waals surface area contributed by atoms with Gasteiger partial charge in [0.05, 0.1) is 12.8 Å². The van der Waals surface area contributed by atoms with Gasteiger partial charge in [0.2, 0.25) is 5.88 Å². The summed E-state index contributed by atoms with van der Waals surface area (Å²) < 4.78 is 19.0. The summed E-state index contributed by atoms with van der Waals surface area (Å²) in [7, 11) is 2.16. The number of nitrogens with one attached hydrogen (secondary N) is 1. The number of nitrogens with zero attached hydrogens (tertiary/aromatic N) is 2. The summed E-state index contributed by atoms with van der Waals surface area (Å²) in [4.78, 5) is 6.44. The topological polar surface area (TPSA) is 37.4 Å². The van der Waals surface area contributed by atoms with Gasteiger partial charge < -0.3 is 15.0 Å². The van der Waals surface area contributed by atoms with Crippen molar-refractivity contribution in [2.45, 2.75) is 38.8 Å². The van der Waals surface area contributed by atoms with E-state index in [0.29, 0.717) is 25.1 Å². The summed E-state index contributed by atoms with van der Waals surface area (Å²) >= 11 is 0. The zero-order chi connectivity index (χ0) is 14.4. The van der Waals surface area contributed by atoms with Crippen LogP contribution in [-0.4, -0.2) is 42.7 Å². The summed E-state index contributed by atoms with van der Waals surface area (Å²) in [5, 5.41) is 3.18. The first-order chi connectivity index (χ1) is 9.70. The molecule has 0 bridgehead atoms. The van der Waals surface area contributed by atoms with Crippen molar-refractivity contribution in [2.75, 3.05) is 26.7 Å². The predicted molar refractivity (Wildman–Crippen MR) is 77.3 cm³/mol. The molecule has 1 aliphatic heterocycles. The van der Waals surface area contributed by atoms with Crippen LogP contribution >= 0.6 is 0 Å². The van der Waals surface area contributed by atoms with Gasteiger partial charge in [-0.25, -0.2) is 9.37 Å². The second-order valence-corrected chi connectivity index (χ2v) is 5.31. The number of ether oxygens (including phenoxy) is 1. The van der Waals surface area contributed by atoms with E-state index in [2.05, 4.69) is 22.2 Å². The highest BCUT2D eigenvalue weighted by Gasteiger charge is 2.20. The number of hydrogen-bond donors (Lipinski definition) is 1. The van der Waals surface area contributed by atoms with E-state index in [4.69, 9.17) is 4.74 Å². The molecule has 0 radical (unpaired) electrons. The first-order valence-electron chi connectivity index (χ1n) is 7.39. The standard InChI is InChI=1S/C15H24FN3O/c1-3-17-10-12-9-13(16)11-18-15(12)20-8-6-14-5-4-7-19(14)2/h9,11,14,17H,3-8,10H2,1-2H3. The van der Waals surface area contributed by atoms with Gasteiger partial charge in [0.1, 0.15) is 5.82 Å². The van der Waals surface area contributed by atoms with Crippen molar-refractivity contribution in [1.29, 1.82) is 0 Å². The number of hydrogen-bond acceptors (Lipinski definition) is 4. The fraction of sp³-hybridized carbons (Fsp3) is 0.667. The van der Waals surface area contributed by atoms with Crippen LogP contribution < -0.4 is 10.1 Å². The van der Waals surface area contributed by atoms with Gasteiger partial charge in [-0.3, -0.25) is 0 Å². The zero-order valence-electron chi connectivity index (χ0n) is 12.4. The molecule has 1 aromatic heterocycles. The van der Waals surface area contributed by atoms with Crippen LogP contribution in [0.4, 0.5) is 4.39 Å². The summed E-state index contributed by atoms with van der Waals surface area (Å²) in [5.41, 5.74) is 0.784. The molecule has 1 atom stereocenters. The Morgan fingerprint density at radius 2 is 2.40 bits per heavy atom. The Morgan fingerprint density at radius 3 is 3.10 bits per heavy atom. The third-order valence-corrected chi connectivity index (χ3v) is 3.82. The molecule has 0 spiro atoms. The maximum Gasteiger partial charge on any atom is 0.218 e. The lowest BCUT2D eigenvalue weighted by molar-refractivity contribution is 0.226. The lowest BCUT2D eigenvalue weighted by Gasteiger charge is -2.19. The molecular formula is C15H24FN3O. The van der Waals surface area contributed by atoms with Gasteiger partial charge >= 0.3 is 0 Å². The van der Waals surface area contributed by atoms with Crippen LogP contribution in [0.3, 0.4) is 0 Å². The van der Waals surface area contributed by atoms with Crippen LogP contribution in [0.2, 0.25) is 0 Å². The molecule has 1 aromatic rings. The van der Waals surface area contributed by atoms with Crippen molar-refractivity contribution in [3.63, 3.8) is 0 Å². The van der Waals surface area contributed by atoms with Crippen LogP contribution in [0.5, 0.6) is 5.88 Å². The van der Waals surface area contributed by atoms with E-state index in [0.717, 1.165) is 18.5 Å². The Morgan fingerprint density at radius 1 is 1.55 bits per heavy atom. The quantitative estimate of drug-likeness (QED) is 0.831. The molecule has 0 aliphatic carbocycles. The van der Waals surface area contributed by atoms with Crippen LogP contribution in [0.25, 0.3) is 0 Å². The van der Waals surface area contributed by atoms with Gasteiger partial charge in [0, 0.05) is 18.2 Å². The highest BCUT2D eigenvalue weighted by atomic mass is 19.1. The van der Waals surface area contributed by atoms with Gasteiger partial charge in [-0.05, 0) is 45.5 Å². The summed E-state index contributed by atoms with van der Waals surface area (Å²) in [6.07, 6.45) is 4.71. The molecule has 1 saturated heterocycles. The fourth-order valence-corrected chi connectivity index (χ4v) is 2.62. The molecule has 112 valence electrons. The average molecular weight is 281 g/mol. The summed E-state index contributed by atoms with van der Waals surface area (Å²) in [5.74, 6) is 0.230. The first-order valence-corrected chi connectivity index (χ1v) is 7.39. The van der Waals surface area contributed by atoms with Crippen molar-refractivity contribution in [2.24, 2.45) is 0 Å². The lowest BCUT2D eigenvalue weighted by Crippen LogP contribution is -2.26. The van der Waals surface area contributed by atoms with Gasteiger partial charge in [0.25, 0.3) is 0 Å². The number of rotatable bonds is 7. The smallest absolute Gasteiger partial charge is 0.218 e. The Hall–Kier alpha value is -1.20. The van der Waals surface area contributed by atoms with Crippen molar-refractivity contribution < 1.29 is 9.13 Å². The van der Waals surface area contributed by atoms with E-state index in [1.165, 1.54) is 31.6 Å². The minimum Gasteiger partial charge on any atom is -0.477 e. The SMILES string of the molecule is CCNCc1cc(F)cnc1OCCC1CCCN1C. The molecule has 1 fully saturated rings. The van der Waals surface area contributed by atoms with E-state index in [-0.39, 0.29) is 5.82 Å². The first kappa shape index (κ1) is 15.2. The largest absolute Gasteiger partial charge is 0.477 e. The maximum atomic E-state index is 13.2. The van der Waals surface area contributed by atoms with Crippen molar-refractivity contribution in [1.82, 2.24) is 15.2 Å². The van der Waals surface area contributed by atoms with Crippen molar-refractivity contribution >= 4 is 0 Å². The molecule has 2 rings (SSSR count). The number of halogens is 1. The second kappa shape index (κ2) is 7.55. The van der Waals surface area contributed by atoms with Crippen LogP contribution in [0.1, 0.15) is 31.7 Å². The van der Waals surface area contributed by atoms with Gasteiger partial charge in [-0.1, -0.05) is 6.92 Å². The number of aromatic nitrogens is 1. The molecule has 2 heterocycles. The zero-order valence-corrected chi connectivity index (χ0v) is 12.4. The second-order valence-electron chi connectivity index (χ2n) is 5.31. The molecule has 1 aliphatic rings. The third-order valence-electron chi connectivity index (χ3n) is 3.82. The highest BCUT2D eigenvalue weighted by Crippen LogP contribution is 2.20. The molecule has 0 saturated carbocycles. The molecular weight excluding hydrogens is 257 g/mol. The minimum absolute atomic E-state index is 0.319. The van der Waals surface area contributed by atoms with E-state index in [1.807, 2.05) is 6.92 Å². The summed E-state index contributed by atoms with van der Waals surface area (Å²) in [6.45, 7) is 5.24. The number of pyridine rings is 1. The van der Waals surface area contributed by atoms with E-state index in [1.54, 1.807) is 0 Å². The highest BCUT2D eigenvalue weighted by molar-refractivity contribution is 5.26. The van der Waals surface area contributed by atoms with Crippen molar-refractivity contribution in [3.05, 3.63) is 23.6 Å². The van der Waals surface area contributed by atoms with E-state index in [9.17, 15) is 4.39 Å². The minimum atomic E-state index is -0.319. The number of likely N-dealkylation sites (tertiary alicyclic amines) is 1. The monoisotopic (exact) mass is 281 g/mol.